The van der Waals surface area contributed by atoms with Crippen LogP contribution < -0.4 is 4.74 Å². The zero-order valence-electron chi connectivity index (χ0n) is 20.9. The van der Waals surface area contributed by atoms with Crippen molar-refractivity contribution in [1.82, 2.24) is 9.80 Å². The minimum atomic E-state index is -4.31. The monoisotopic (exact) mass is 492 g/mol. The molecule has 0 radical (unpaired) electrons. The highest BCUT2D eigenvalue weighted by Gasteiger charge is 2.32. The Morgan fingerprint density at radius 1 is 0.943 bits per heavy atom. The van der Waals surface area contributed by atoms with Crippen molar-refractivity contribution in [1.29, 1.82) is 0 Å². The molecule has 8 heteroatoms. The number of halogens is 3. The van der Waals surface area contributed by atoms with Gasteiger partial charge in [0.25, 0.3) is 0 Å². The van der Waals surface area contributed by atoms with Crippen LogP contribution in [0.25, 0.3) is 0 Å². The molecule has 5 nitrogen and oxygen atoms in total. The number of hydrogen-bond acceptors (Lipinski definition) is 5. The van der Waals surface area contributed by atoms with Gasteiger partial charge in [0.05, 0.1) is 12.2 Å². The molecule has 1 atom stereocenters. The third-order valence-electron chi connectivity index (χ3n) is 6.30. The minimum absolute atomic E-state index is 0.306. The molecule has 1 aliphatic heterocycles. The number of nitrogens with zero attached hydrogens (tertiary/aromatic N) is 2. The molecule has 1 saturated heterocycles. The summed E-state index contributed by atoms with van der Waals surface area (Å²) >= 11 is 0. The number of rotatable bonds is 9. The normalized spacial score (nSPS) is 17.9. The molecule has 192 valence electrons. The average Bonchev–Trinajstić information content (AvgIpc) is 2.81. The Labute approximate surface area is 205 Å². The Hall–Kier alpha value is -2.58. The molecule has 35 heavy (non-hydrogen) atoms. The molecule has 0 saturated carbocycles. The molecular formula is C27H35F3N2O3. The summed E-state index contributed by atoms with van der Waals surface area (Å²) in [5, 5.41) is 0. The second-order valence-corrected chi connectivity index (χ2v) is 9.44. The highest BCUT2D eigenvalue weighted by molar-refractivity contribution is 5.79. The van der Waals surface area contributed by atoms with Gasteiger partial charge in [-0.2, -0.15) is 13.2 Å². The molecule has 3 rings (SSSR count). The SMILES string of the molecule is CCOC(=O)C(C)(C)Oc1ccc(CN2CCN(Cc3ccc(C(F)(F)F)cc3)CC2CC)cc1. The predicted octanol–water partition coefficient (Wildman–Crippen LogP) is 5.52. The molecule has 0 amide bonds. The van der Waals surface area contributed by atoms with Crippen LogP contribution in [0, 0.1) is 0 Å². The number of alkyl halides is 3. The molecular weight excluding hydrogens is 457 g/mol. The van der Waals surface area contributed by atoms with Gasteiger partial charge in [-0.25, -0.2) is 4.79 Å². The van der Waals surface area contributed by atoms with Crippen LogP contribution in [-0.4, -0.2) is 53.7 Å². The molecule has 0 bridgehead atoms. The van der Waals surface area contributed by atoms with Crippen LogP contribution >= 0.6 is 0 Å². The zero-order valence-corrected chi connectivity index (χ0v) is 20.9. The van der Waals surface area contributed by atoms with E-state index in [4.69, 9.17) is 9.47 Å². The van der Waals surface area contributed by atoms with Crippen molar-refractivity contribution in [2.75, 3.05) is 26.2 Å². The Morgan fingerprint density at radius 2 is 1.54 bits per heavy atom. The summed E-state index contributed by atoms with van der Waals surface area (Å²) in [6.45, 7) is 11.7. The largest absolute Gasteiger partial charge is 0.476 e. The summed E-state index contributed by atoms with van der Waals surface area (Å²) in [6, 6.07) is 13.6. The first-order chi connectivity index (χ1) is 16.5. The second-order valence-electron chi connectivity index (χ2n) is 9.44. The van der Waals surface area contributed by atoms with Crippen molar-refractivity contribution in [3.8, 4) is 5.75 Å². The van der Waals surface area contributed by atoms with E-state index in [1.807, 2.05) is 24.3 Å². The maximum atomic E-state index is 12.8. The van der Waals surface area contributed by atoms with E-state index in [2.05, 4.69) is 16.7 Å². The maximum absolute atomic E-state index is 12.8. The molecule has 1 fully saturated rings. The fraction of sp³-hybridized carbons (Fsp3) is 0.519. The Kier molecular flexibility index (Phi) is 8.83. The molecule has 1 heterocycles. The van der Waals surface area contributed by atoms with Crippen LogP contribution in [0.1, 0.15) is 50.8 Å². The number of ether oxygens (including phenoxy) is 2. The van der Waals surface area contributed by atoms with Crippen molar-refractivity contribution in [2.24, 2.45) is 0 Å². The van der Waals surface area contributed by atoms with Gasteiger partial charge in [-0.3, -0.25) is 9.80 Å². The van der Waals surface area contributed by atoms with E-state index in [0.717, 1.165) is 55.9 Å². The van der Waals surface area contributed by atoms with Crippen LogP contribution in [-0.2, 0) is 28.8 Å². The van der Waals surface area contributed by atoms with E-state index in [9.17, 15) is 18.0 Å². The minimum Gasteiger partial charge on any atom is -0.476 e. The molecule has 1 unspecified atom stereocenters. The Balaban J connectivity index is 1.55. The molecule has 1 aliphatic rings. The lowest BCUT2D eigenvalue weighted by Crippen LogP contribution is -2.52. The summed E-state index contributed by atoms with van der Waals surface area (Å²) in [7, 11) is 0. The fourth-order valence-corrected chi connectivity index (χ4v) is 4.29. The number of piperazine rings is 1. The summed E-state index contributed by atoms with van der Waals surface area (Å²) in [5.74, 6) is 0.212. The predicted molar refractivity (Wildman–Crippen MR) is 129 cm³/mol. The molecule has 0 aromatic heterocycles. The first kappa shape index (κ1) is 27.0. The van der Waals surface area contributed by atoms with Gasteiger partial charge < -0.3 is 9.47 Å². The van der Waals surface area contributed by atoms with Crippen LogP contribution in [0.2, 0.25) is 0 Å². The van der Waals surface area contributed by atoms with Crippen LogP contribution in [0.15, 0.2) is 48.5 Å². The topological polar surface area (TPSA) is 42.0 Å². The van der Waals surface area contributed by atoms with Gasteiger partial charge in [0.1, 0.15) is 5.75 Å². The quantitative estimate of drug-likeness (QED) is 0.431. The highest BCUT2D eigenvalue weighted by atomic mass is 19.4. The van der Waals surface area contributed by atoms with Crippen molar-refractivity contribution in [2.45, 2.75) is 65.0 Å². The molecule has 2 aromatic rings. The van der Waals surface area contributed by atoms with Gasteiger partial charge in [-0.1, -0.05) is 31.2 Å². The fourth-order valence-electron chi connectivity index (χ4n) is 4.29. The van der Waals surface area contributed by atoms with E-state index < -0.39 is 23.3 Å². The first-order valence-corrected chi connectivity index (χ1v) is 12.1. The van der Waals surface area contributed by atoms with Crippen molar-refractivity contribution < 1.29 is 27.4 Å². The summed E-state index contributed by atoms with van der Waals surface area (Å²) in [4.78, 5) is 16.8. The van der Waals surface area contributed by atoms with E-state index in [-0.39, 0.29) is 0 Å². The Morgan fingerprint density at radius 3 is 2.11 bits per heavy atom. The lowest BCUT2D eigenvalue weighted by molar-refractivity contribution is -0.158. The third-order valence-corrected chi connectivity index (χ3v) is 6.30. The van der Waals surface area contributed by atoms with Crippen LogP contribution in [0.3, 0.4) is 0 Å². The molecule has 0 N–H and O–H groups in total. The number of esters is 1. The number of carbonyl (C=O) groups excluding carboxylic acids is 1. The summed E-state index contributed by atoms with van der Waals surface area (Å²) in [5.41, 5.74) is 0.371. The van der Waals surface area contributed by atoms with Crippen LogP contribution in [0.5, 0.6) is 5.75 Å². The smallest absolute Gasteiger partial charge is 0.416 e. The van der Waals surface area contributed by atoms with Gasteiger partial charge in [0, 0.05) is 38.8 Å². The van der Waals surface area contributed by atoms with Crippen molar-refractivity contribution >= 4 is 5.97 Å². The van der Waals surface area contributed by atoms with Crippen LogP contribution in [0.4, 0.5) is 13.2 Å². The van der Waals surface area contributed by atoms with Gasteiger partial charge in [-0.05, 0) is 62.6 Å². The number of benzene rings is 2. The van der Waals surface area contributed by atoms with Crippen molar-refractivity contribution in [3.63, 3.8) is 0 Å². The van der Waals surface area contributed by atoms with Gasteiger partial charge in [0.2, 0.25) is 0 Å². The van der Waals surface area contributed by atoms with E-state index >= 15 is 0 Å². The summed E-state index contributed by atoms with van der Waals surface area (Å²) < 4.78 is 49.3. The average molecular weight is 493 g/mol. The number of hydrogen-bond donors (Lipinski definition) is 0. The standard InChI is InChI=1S/C27H35F3N2O3/c1-5-23-19-31(17-20-7-11-22(12-8-20)27(28,29)30)15-16-32(23)18-21-9-13-24(14-10-21)35-26(3,4)25(33)34-6-2/h7-14,23H,5-6,15-19H2,1-4H3. The first-order valence-electron chi connectivity index (χ1n) is 12.1. The Bertz CT molecular complexity index is 959. The molecule has 0 aliphatic carbocycles. The number of carbonyl (C=O) groups is 1. The zero-order chi connectivity index (χ0) is 25.6. The lowest BCUT2D eigenvalue weighted by Gasteiger charge is -2.41. The molecule has 0 spiro atoms. The van der Waals surface area contributed by atoms with Crippen molar-refractivity contribution in [3.05, 3.63) is 65.2 Å². The summed E-state index contributed by atoms with van der Waals surface area (Å²) in [6.07, 6.45) is -3.32. The van der Waals surface area contributed by atoms with E-state index in [1.54, 1.807) is 32.9 Å². The van der Waals surface area contributed by atoms with Gasteiger partial charge in [-0.15, -0.1) is 0 Å². The lowest BCUT2D eigenvalue weighted by atomic mass is 10.1. The second kappa shape index (κ2) is 11.4. The van der Waals surface area contributed by atoms with Gasteiger partial charge in [0.15, 0.2) is 5.60 Å². The maximum Gasteiger partial charge on any atom is 0.416 e. The third kappa shape index (κ3) is 7.45. The highest BCUT2D eigenvalue weighted by Crippen LogP contribution is 2.29. The van der Waals surface area contributed by atoms with E-state index in [0.29, 0.717) is 24.9 Å². The van der Waals surface area contributed by atoms with E-state index in [1.165, 1.54) is 0 Å². The molecule has 2 aromatic carbocycles. The van der Waals surface area contributed by atoms with Gasteiger partial charge >= 0.3 is 12.1 Å².